The number of rotatable bonds is 4. The standard InChI is InChI=1S/C20H27N3O2/c24-19-7-4-12-25-20(19)8-10-22(11-9-20)15-18-13-21-16-23(18)14-17-5-2-1-3-6-17/h1-3,5-6,13,16,19,24H,4,7-12,14-15H2. The lowest BCUT2D eigenvalue weighted by atomic mass is 9.82. The van der Waals surface area contributed by atoms with Crippen molar-refractivity contribution in [2.45, 2.75) is 50.5 Å². The third-order valence-electron chi connectivity index (χ3n) is 5.70. The number of imidazole rings is 1. The fourth-order valence-corrected chi connectivity index (χ4v) is 4.11. The first-order chi connectivity index (χ1) is 12.3. The molecule has 3 heterocycles. The summed E-state index contributed by atoms with van der Waals surface area (Å²) in [5.41, 5.74) is 2.24. The number of piperidine rings is 1. The molecule has 0 radical (unpaired) electrons. The molecule has 2 aliphatic heterocycles. The van der Waals surface area contributed by atoms with E-state index < -0.39 is 0 Å². The van der Waals surface area contributed by atoms with E-state index in [1.165, 1.54) is 11.3 Å². The van der Waals surface area contributed by atoms with E-state index in [0.29, 0.717) is 0 Å². The third-order valence-corrected chi connectivity index (χ3v) is 5.70. The molecule has 0 amide bonds. The Morgan fingerprint density at radius 3 is 2.72 bits per heavy atom. The molecule has 0 saturated carbocycles. The van der Waals surface area contributed by atoms with Gasteiger partial charge >= 0.3 is 0 Å². The number of aliphatic hydroxyl groups excluding tert-OH is 1. The van der Waals surface area contributed by atoms with E-state index in [2.05, 4.69) is 38.7 Å². The predicted octanol–water partition coefficient (Wildman–Crippen LogP) is 2.44. The van der Waals surface area contributed by atoms with Crippen LogP contribution in [0.25, 0.3) is 0 Å². The van der Waals surface area contributed by atoms with Gasteiger partial charge in [-0.2, -0.15) is 0 Å². The Bertz CT molecular complexity index is 677. The number of likely N-dealkylation sites (tertiary alicyclic amines) is 1. The number of ether oxygens (including phenoxy) is 1. The SMILES string of the molecule is OC1CCCOC12CCN(Cc1cncn1Cc1ccccc1)CC2. The first kappa shape index (κ1) is 16.8. The highest BCUT2D eigenvalue weighted by Crippen LogP contribution is 2.35. The number of hydrogen-bond acceptors (Lipinski definition) is 4. The van der Waals surface area contributed by atoms with Gasteiger partial charge in [0, 0.05) is 39.0 Å². The molecule has 1 aromatic heterocycles. The molecular formula is C20H27N3O2. The normalized spacial score (nSPS) is 23.8. The van der Waals surface area contributed by atoms with E-state index in [1.54, 1.807) is 0 Å². The Balaban J connectivity index is 1.37. The van der Waals surface area contributed by atoms with Gasteiger partial charge in [0.2, 0.25) is 0 Å². The molecule has 25 heavy (non-hydrogen) atoms. The Morgan fingerprint density at radius 2 is 1.96 bits per heavy atom. The predicted molar refractivity (Wildman–Crippen MR) is 96.2 cm³/mol. The highest BCUT2D eigenvalue weighted by atomic mass is 16.5. The summed E-state index contributed by atoms with van der Waals surface area (Å²) in [6.45, 7) is 4.48. The van der Waals surface area contributed by atoms with Crippen LogP contribution < -0.4 is 0 Å². The largest absolute Gasteiger partial charge is 0.390 e. The van der Waals surface area contributed by atoms with Gasteiger partial charge in [0.25, 0.3) is 0 Å². The molecular weight excluding hydrogens is 314 g/mol. The molecule has 2 aliphatic rings. The van der Waals surface area contributed by atoms with Crippen LogP contribution in [0, 0.1) is 0 Å². The molecule has 1 unspecified atom stereocenters. The number of aromatic nitrogens is 2. The van der Waals surface area contributed by atoms with Gasteiger partial charge in [-0.1, -0.05) is 30.3 Å². The molecule has 5 nitrogen and oxygen atoms in total. The summed E-state index contributed by atoms with van der Waals surface area (Å²) in [4.78, 5) is 6.80. The molecule has 1 atom stereocenters. The second kappa shape index (κ2) is 7.28. The van der Waals surface area contributed by atoms with Gasteiger partial charge < -0.3 is 14.4 Å². The van der Waals surface area contributed by atoms with Crippen LogP contribution in [0.2, 0.25) is 0 Å². The fourth-order valence-electron chi connectivity index (χ4n) is 4.11. The third kappa shape index (κ3) is 3.64. The fraction of sp³-hybridized carbons (Fsp3) is 0.550. The zero-order chi connectivity index (χ0) is 17.1. The van der Waals surface area contributed by atoms with Crippen molar-refractivity contribution in [2.75, 3.05) is 19.7 Å². The molecule has 2 fully saturated rings. The van der Waals surface area contributed by atoms with Crippen LogP contribution in [0.1, 0.15) is 36.9 Å². The van der Waals surface area contributed by atoms with Gasteiger partial charge in [-0.15, -0.1) is 0 Å². The lowest BCUT2D eigenvalue weighted by Crippen LogP contribution is -2.55. The van der Waals surface area contributed by atoms with Crippen molar-refractivity contribution < 1.29 is 9.84 Å². The Morgan fingerprint density at radius 1 is 1.16 bits per heavy atom. The van der Waals surface area contributed by atoms with E-state index in [9.17, 15) is 5.11 Å². The molecule has 1 aromatic carbocycles. The van der Waals surface area contributed by atoms with Gasteiger partial charge in [-0.3, -0.25) is 4.90 Å². The quantitative estimate of drug-likeness (QED) is 0.928. The van der Waals surface area contributed by atoms with Gasteiger partial charge in [-0.05, 0) is 31.2 Å². The highest BCUT2D eigenvalue weighted by Gasteiger charge is 2.43. The molecule has 2 aromatic rings. The molecule has 1 spiro atoms. The summed E-state index contributed by atoms with van der Waals surface area (Å²) in [5.74, 6) is 0. The average molecular weight is 341 g/mol. The maximum absolute atomic E-state index is 10.4. The summed E-state index contributed by atoms with van der Waals surface area (Å²) in [6.07, 6.45) is 7.28. The minimum absolute atomic E-state index is 0.293. The summed E-state index contributed by atoms with van der Waals surface area (Å²) in [5, 5.41) is 10.4. The van der Waals surface area contributed by atoms with Crippen molar-refractivity contribution in [3.8, 4) is 0 Å². The lowest BCUT2D eigenvalue weighted by molar-refractivity contribution is -0.177. The summed E-state index contributed by atoms with van der Waals surface area (Å²) in [7, 11) is 0. The molecule has 2 saturated heterocycles. The number of aliphatic hydroxyl groups is 1. The minimum Gasteiger partial charge on any atom is -0.390 e. The van der Waals surface area contributed by atoms with Crippen molar-refractivity contribution in [3.63, 3.8) is 0 Å². The zero-order valence-corrected chi connectivity index (χ0v) is 14.7. The molecule has 4 rings (SSSR count). The molecule has 5 heteroatoms. The van der Waals surface area contributed by atoms with Crippen molar-refractivity contribution in [1.82, 2.24) is 14.5 Å². The zero-order valence-electron chi connectivity index (χ0n) is 14.7. The van der Waals surface area contributed by atoms with E-state index in [4.69, 9.17) is 4.74 Å². The van der Waals surface area contributed by atoms with Gasteiger partial charge in [0.05, 0.1) is 23.7 Å². The molecule has 134 valence electrons. The molecule has 0 bridgehead atoms. The lowest BCUT2D eigenvalue weighted by Gasteiger charge is -2.46. The van der Waals surface area contributed by atoms with Crippen molar-refractivity contribution >= 4 is 0 Å². The van der Waals surface area contributed by atoms with Crippen molar-refractivity contribution in [3.05, 3.63) is 54.1 Å². The highest BCUT2D eigenvalue weighted by molar-refractivity contribution is 5.16. The van der Waals surface area contributed by atoms with Crippen LogP contribution in [0.3, 0.4) is 0 Å². The molecule has 0 aliphatic carbocycles. The number of nitrogens with zero attached hydrogens (tertiary/aromatic N) is 3. The van der Waals surface area contributed by atoms with Crippen LogP contribution in [0.4, 0.5) is 0 Å². The Kier molecular flexibility index (Phi) is 4.88. The topological polar surface area (TPSA) is 50.5 Å². The smallest absolute Gasteiger partial charge is 0.0964 e. The first-order valence-corrected chi connectivity index (χ1v) is 9.32. The average Bonchev–Trinajstić information content (AvgIpc) is 3.07. The number of benzene rings is 1. The monoisotopic (exact) mass is 341 g/mol. The van der Waals surface area contributed by atoms with E-state index in [1.807, 2.05) is 18.6 Å². The van der Waals surface area contributed by atoms with E-state index >= 15 is 0 Å². The van der Waals surface area contributed by atoms with Crippen LogP contribution in [0.5, 0.6) is 0 Å². The van der Waals surface area contributed by atoms with Crippen molar-refractivity contribution in [2.24, 2.45) is 0 Å². The second-order valence-corrected chi connectivity index (χ2v) is 7.35. The van der Waals surface area contributed by atoms with E-state index in [0.717, 1.165) is 58.5 Å². The Labute approximate surface area is 149 Å². The van der Waals surface area contributed by atoms with Crippen LogP contribution in [-0.4, -0.2) is 51.0 Å². The maximum Gasteiger partial charge on any atom is 0.0964 e. The maximum atomic E-state index is 10.4. The van der Waals surface area contributed by atoms with Gasteiger partial charge in [0.15, 0.2) is 0 Å². The van der Waals surface area contributed by atoms with E-state index in [-0.39, 0.29) is 11.7 Å². The second-order valence-electron chi connectivity index (χ2n) is 7.35. The van der Waals surface area contributed by atoms with Crippen molar-refractivity contribution in [1.29, 1.82) is 0 Å². The summed E-state index contributed by atoms with van der Waals surface area (Å²) in [6, 6.07) is 10.5. The molecule has 1 N–H and O–H groups in total. The van der Waals surface area contributed by atoms with Gasteiger partial charge in [-0.25, -0.2) is 4.98 Å². The number of hydrogen-bond donors (Lipinski definition) is 1. The van der Waals surface area contributed by atoms with Crippen LogP contribution >= 0.6 is 0 Å². The Hall–Kier alpha value is -1.69. The van der Waals surface area contributed by atoms with Crippen LogP contribution in [-0.2, 0) is 17.8 Å². The van der Waals surface area contributed by atoms with Gasteiger partial charge in [0.1, 0.15) is 0 Å². The summed E-state index contributed by atoms with van der Waals surface area (Å²) >= 11 is 0. The summed E-state index contributed by atoms with van der Waals surface area (Å²) < 4.78 is 8.24. The van der Waals surface area contributed by atoms with Crippen LogP contribution in [0.15, 0.2) is 42.9 Å². The first-order valence-electron chi connectivity index (χ1n) is 9.32. The minimum atomic E-state index is -0.299.